The zero-order valence-corrected chi connectivity index (χ0v) is 15.2. The lowest BCUT2D eigenvalue weighted by Crippen LogP contribution is -2.44. The Kier molecular flexibility index (Phi) is 6.09. The quantitative estimate of drug-likeness (QED) is 0.757. The van der Waals surface area contributed by atoms with Crippen molar-refractivity contribution in [3.63, 3.8) is 0 Å². The van der Waals surface area contributed by atoms with E-state index in [1.807, 2.05) is 42.6 Å². The average molecular weight is 355 g/mol. The van der Waals surface area contributed by atoms with Crippen LogP contribution in [0.1, 0.15) is 5.69 Å². The second-order valence-corrected chi connectivity index (χ2v) is 6.34. The molecule has 0 saturated carbocycles. The molecule has 1 aliphatic heterocycles. The molecule has 1 aromatic heterocycles. The van der Waals surface area contributed by atoms with Crippen LogP contribution in [0.15, 0.2) is 66.9 Å². The molecule has 2 aromatic carbocycles. The maximum Gasteiger partial charge on any atom is 0.210 e. The van der Waals surface area contributed by atoms with Crippen LogP contribution >= 0.6 is 11.6 Å². The Balaban J connectivity index is 0.000000219. The van der Waals surface area contributed by atoms with Gasteiger partial charge in [0, 0.05) is 42.6 Å². The smallest absolute Gasteiger partial charge is 0.210 e. The summed E-state index contributed by atoms with van der Waals surface area (Å²) in [5.41, 5.74) is 2.36. The lowest BCUT2D eigenvalue weighted by molar-refractivity contribution is 0.577. The monoisotopic (exact) mass is 354 g/mol. The van der Waals surface area contributed by atoms with E-state index < -0.39 is 0 Å². The molecule has 2 heterocycles. The fraction of sp³-hybridized carbons (Fsp3) is 0.250. The van der Waals surface area contributed by atoms with E-state index in [9.17, 15) is 0 Å². The van der Waals surface area contributed by atoms with Crippen molar-refractivity contribution in [1.82, 2.24) is 14.9 Å². The maximum atomic E-state index is 5.54. The molecule has 0 amide bonds. The zero-order chi connectivity index (χ0) is 17.5. The van der Waals surface area contributed by atoms with Gasteiger partial charge in [-0.05, 0) is 31.2 Å². The van der Waals surface area contributed by atoms with Crippen LogP contribution < -0.4 is 10.2 Å². The summed E-state index contributed by atoms with van der Waals surface area (Å²) >= 11 is 5.54. The van der Waals surface area contributed by atoms with Gasteiger partial charge in [-0.15, -0.1) is 0 Å². The van der Waals surface area contributed by atoms with E-state index in [0.717, 1.165) is 37.1 Å². The zero-order valence-electron chi connectivity index (χ0n) is 14.4. The molecule has 1 aliphatic rings. The van der Waals surface area contributed by atoms with Crippen molar-refractivity contribution in [3.8, 4) is 5.69 Å². The number of halogens is 1. The first-order valence-electron chi connectivity index (χ1n) is 8.51. The van der Waals surface area contributed by atoms with Crippen LogP contribution in [0.2, 0.25) is 5.02 Å². The number of imidazole rings is 1. The average Bonchev–Trinajstić information content (AvgIpc) is 3.06. The molecular weight excluding hydrogens is 332 g/mol. The highest BCUT2D eigenvalue weighted by molar-refractivity contribution is 6.30. The van der Waals surface area contributed by atoms with E-state index in [-0.39, 0.29) is 0 Å². The number of nitrogens with zero attached hydrogens (tertiary/aromatic N) is 3. The third-order valence-electron chi connectivity index (χ3n) is 4.07. The van der Waals surface area contributed by atoms with Gasteiger partial charge in [-0.3, -0.25) is 4.57 Å². The van der Waals surface area contributed by atoms with Gasteiger partial charge in [0.25, 0.3) is 0 Å². The predicted molar refractivity (Wildman–Crippen MR) is 105 cm³/mol. The lowest BCUT2D eigenvalue weighted by atomic mass is 10.3. The largest absolute Gasteiger partial charge is 0.339 e. The molecular formula is C20H23ClN4. The number of rotatable bonds is 2. The van der Waals surface area contributed by atoms with Gasteiger partial charge in [-0.2, -0.15) is 0 Å². The van der Waals surface area contributed by atoms with E-state index >= 15 is 0 Å². The number of aromatic nitrogens is 2. The lowest BCUT2D eigenvalue weighted by Gasteiger charge is -2.29. The fourth-order valence-corrected chi connectivity index (χ4v) is 2.97. The summed E-state index contributed by atoms with van der Waals surface area (Å²) in [5.74, 6) is 1.06. The van der Waals surface area contributed by atoms with Crippen LogP contribution in [0.5, 0.6) is 0 Å². The normalized spacial score (nSPS) is 13.9. The minimum Gasteiger partial charge on any atom is -0.339 e. The number of hydrogen-bond donors (Lipinski definition) is 1. The fourth-order valence-electron chi connectivity index (χ4n) is 2.82. The Morgan fingerprint density at radius 2 is 1.52 bits per heavy atom. The summed E-state index contributed by atoms with van der Waals surface area (Å²) in [6.07, 6.45) is 1.95. The Labute approximate surface area is 154 Å². The molecule has 0 unspecified atom stereocenters. The molecule has 5 heteroatoms. The molecule has 3 aromatic rings. The van der Waals surface area contributed by atoms with Crippen LogP contribution in [-0.2, 0) is 0 Å². The highest BCUT2D eigenvalue weighted by Crippen LogP contribution is 2.21. The summed E-state index contributed by atoms with van der Waals surface area (Å²) in [6, 6.07) is 19.9. The molecule has 25 heavy (non-hydrogen) atoms. The van der Waals surface area contributed by atoms with Crippen LogP contribution in [0.3, 0.4) is 0 Å². The first kappa shape index (κ1) is 17.5. The van der Waals surface area contributed by atoms with Crippen molar-refractivity contribution < 1.29 is 0 Å². The van der Waals surface area contributed by atoms with Crippen LogP contribution in [0, 0.1) is 6.92 Å². The Bertz CT molecular complexity index is 765. The van der Waals surface area contributed by atoms with Crippen molar-refractivity contribution in [1.29, 1.82) is 0 Å². The van der Waals surface area contributed by atoms with Gasteiger partial charge in [0.1, 0.15) is 0 Å². The first-order chi connectivity index (χ1) is 12.3. The maximum absolute atomic E-state index is 5.54. The number of hydrogen-bond acceptors (Lipinski definition) is 3. The summed E-state index contributed by atoms with van der Waals surface area (Å²) in [7, 11) is 0. The van der Waals surface area contributed by atoms with Crippen molar-refractivity contribution in [2.45, 2.75) is 6.92 Å². The van der Waals surface area contributed by atoms with Gasteiger partial charge in [0.05, 0.1) is 6.20 Å². The van der Waals surface area contributed by atoms with Gasteiger partial charge in [-0.25, -0.2) is 4.98 Å². The number of piperazine rings is 1. The number of anilines is 1. The topological polar surface area (TPSA) is 33.1 Å². The third kappa shape index (κ3) is 4.62. The van der Waals surface area contributed by atoms with E-state index in [4.69, 9.17) is 11.6 Å². The number of nitrogens with one attached hydrogen (secondary N) is 1. The molecule has 0 aliphatic carbocycles. The molecule has 1 N–H and O–H groups in total. The van der Waals surface area contributed by atoms with E-state index in [1.165, 1.54) is 11.4 Å². The SMILES string of the molecule is Cc1cnc(N2CCNCC2)n1-c1ccccc1.Clc1ccccc1. The number of para-hydroxylation sites is 1. The van der Waals surface area contributed by atoms with E-state index in [0.29, 0.717) is 0 Å². The highest BCUT2D eigenvalue weighted by Gasteiger charge is 2.17. The summed E-state index contributed by atoms with van der Waals surface area (Å²) in [6.45, 7) is 6.19. The predicted octanol–water partition coefficient (Wildman–Crippen LogP) is 3.93. The molecule has 130 valence electrons. The van der Waals surface area contributed by atoms with Gasteiger partial charge in [0.2, 0.25) is 5.95 Å². The molecule has 1 saturated heterocycles. The van der Waals surface area contributed by atoms with Crippen molar-refractivity contribution >= 4 is 17.5 Å². The molecule has 0 atom stereocenters. The number of aryl methyl sites for hydroxylation is 1. The van der Waals surface area contributed by atoms with Gasteiger partial charge in [0.15, 0.2) is 0 Å². The number of benzene rings is 2. The standard InChI is InChI=1S/C14H18N4.C6H5Cl/c1-12-11-16-14(17-9-7-15-8-10-17)18(12)13-5-3-2-4-6-13;7-6-4-2-1-3-5-6/h2-6,11,15H,7-10H2,1H3;1-5H. The molecule has 0 bridgehead atoms. The second-order valence-electron chi connectivity index (χ2n) is 5.90. The van der Waals surface area contributed by atoms with Gasteiger partial charge < -0.3 is 10.2 Å². The third-order valence-corrected chi connectivity index (χ3v) is 4.32. The minimum atomic E-state index is 0.794. The molecule has 0 radical (unpaired) electrons. The molecule has 4 rings (SSSR count). The minimum absolute atomic E-state index is 0.794. The molecule has 0 spiro atoms. The summed E-state index contributed by atoms with van der Waals surface area (Å²) in [4.78, 5) is 6.92. The second kappa shape index (κ2) is 8.70. The molecule has 4 nitrogen and oxygen atoms in total. The van der Waals surface area contributed by atoms with Gasteiger partial charge >= 0.3 is 0 Å². The summed E-state index contributed by atoms with van der Waals surface area (Å²) in [5, 5.41) is 4.17. The van der Waals surface area contributed by atoms with Crippen molar-refractivity contribution in [2.24, 2.45) is 0 Å². The van der Waals surface area contributed by atoms with Crippen LogP contribution in [0.25, 0.3) is 5.69 Å². The Morgan fingerprint density at radius 3 is 2.08 bits per heavy atom. The van der Waals surface area contributed by atoms with Gasteiger partial charge in [-0.1, -0.05) is 48.0 Å². The van der Waals surface area contributed by atoms with Crippen molar-refractivity contribution in [2.75, 3.05) is 31.1 Å². The Hall–Kier alpha value is -2.30. The first-order valence-corrected chi connectivity index (χ1v) is 8.89. The highest BCUT2D eigenvalue weighted by atomic mass is 35.5. The van der Waals surface area contributed by atoms with Crippen LogP contribution in [0.4, 0.5) is 5.95 Å². The Morgan fingerprint density at radius 1 is 0.920 bits per heavy atom. The van der Waals surface area contributed by atoms with E-state index in [1.54, 1.807) is 0 Å². The van der Waals surface area contributed by atoms with Crippen molar-refractivity contribution in [3.05, 3.63) is 77.6 Å². The molecule has 1 fully saturated rings. The van der Waals surface area contributed by atoms with Crippen LogP contribution in [-0.4, -0.2) is 35.7 Å². The van der Waals surface area contributed by atoms with E-state index in [2.05, 4.69) is 51.0 Å². The summed E-state index contributed by atoms with van der Waals surface area (Å²) < 4.78 is 2.23.